The molecule has 1 aliphatic rings. The van der Waals surface area contributed by atoms with Crippen molar-refractivity contribution < 1.29 is 9.59 Å². The molecule has 1 heterocycles. The number of nitrogens with one attached hydrogen (secondary N) is 2. The van der Waals surface area contributed by atoms with Crippen LogP contribution >= 0.6 is 24.0 Å². The zero-order valence-corrected chi connectivity index (χ0v) is 12.3. The molecule has 1 aromatic carbocycles. The molecule has 1 atom stereocenters. The fourth-order valence-electron chi connectivity index (χ4n) is 1.73. The van der Waals surface area contributed by atoms with Crippen molar-refractivity contribution in [3.05, 3.63) is 29.3 Å². The van der Waals surface area contributed by atoms with Gasteiger partial charge in [0.2, 0.25) is 11.8 Å². The van der Waals surface area contributed by atoms with Crippen LogP contribution in [0.1, 0.15) is 17.5 Å². The fourth-order valence-corrected chi connectivity index (χ4v) is 2.99. The molecule has 0 saturated carbocycles. The summed E-state index contributed by atoms with van der Waals surface area (Å²) in [6.07, 6.45) is 0.129. The smallest absolute Gasteiger partial charge is 0.239 e. The van der Waals surface area contributed by atoms with E-state index in [0.29, 0.717) is 4.32 Å². The molecule has 0 spiro atoms. The number of thioether (sulfide) groups is 1. The normalized spacial score (nSPS) is 18.3. The van der Waals surface area contributed by atoms with Crippen LogP contribution in [0.5, 0.6) is 0 Å². The van der Waals surface area contributed by atoms with Gasteiger partial charge in [0.05, 0.1) is 5.25 Å². The summed E-state index contributed by atoms with van der Waals surface area (Å²) in [7, 11) is 0. The molecule has 2 amide bonds. The minimum absolute atomic E-state index is 0.129. The lowest BCUT2D eigenvalue weighted by atomic mass is 10.1. The van der Waals surface area contributed by atoms with Crippen LogP contribution in [0.3, 0.4) is 0 Å². The molecule has 1 saturated heterocycles. The van der Waals surface area contributed by atoms with Crippen LogP contribution in [0, 0.1) is 13.8 Å². The highest BCUT2D eigenvalue weighted by Crippen LogP contribution is 2.23. The minimum atomic E-state index is -0.418. The van der Waals surface area contributed by atoms with Gasteiger partial charge in [0.25, 0.3) is 0 Å². The van der Waals surface area contributed by atoms with Gasteiger partial charge in [0.1, 0.15) is 4.32 Å². The monoisotopic (exact) mass is 294 g/mol. The first-order chi connectivity index (χ1) is 8.95. The highest BCUT2D eigenvalue weighted by atomic mass is 32.2. The highest BCUT2D eigenvalue weighted by molar-refractivity contribution is 8.24. The molecule has 1 aliphatic heterocycles. The largest absolute Gasteiger partial charge is 0.326 e. The second-order valence-corrected chi connectivity index (χ2v) is 6.31. The van der Waals surface area contributed by atoms with Gasteiger partial charge in [0.15, 0.2) is 0 Å². The zero-order chi connectivity index (χ0) is 14.0. The van der Waals surface area contributed by atoms with E-state index in [0.717, 1.165) is 11.3 Å². The predicted octanol–water partition coefficient (Wildman–Crippen LogP) is 2.15. The maximum atomic E-state index is 11.9. The summed E-state index contributed by atoms with van der Waals surface area (Å²) < 4.78 is 0.439. The van der Waals surface area contributed by atoms with Gasteiger partial charge in [-0.15, -0.1) is 0 Å². The number of anilines is 1. The number of rotatable bonds is 3. The average Bonchev–Trinajstić information content (AvgIpc) is 2.62. The van der Waals surface area contributed by atoms with Gasteiger partial charge in [-0.3, -0.25) is 9.59 Å². The van der Waals surface area contributed by atoms with Gasteiger partial charge >= 0.3 is 0 Å². The molecule has 19 heavy (non-hydrogen) atoms. The third-order valence-electron chi connectivity index (χ3n) is 2.93. The van der Waals surface area contributed by atoms with Crippen molar-refractivity contribution in [2.24, 2.45) is 0 Å². The van der Waals surface area contributed by atoms with Crippen molar-refractivity contribution in [3.8, 4) is 0 Å². The van der Waals surface area contributed by atoms with Crippen molar-refractivity contribution in [2.45, 2.75) is 25.5 Å². The highest BCUT2D eigenvalue weighted by Gasteiger charge is 2.30. The second-order valence-electron chi connectivity index (χ2n) is 4.43. The van der Waals surface area contributed by atoms with E-state index in [1.54, 1.807) is 0 Å². The predicted molar refractivity (Wildman–Crippen MR) is 81.3 cm³/mol. The Morgan fingerprint density at radius 3 is 2.74 bits per heavy atom. The van der Waals surface area contributed by atoms with Gasteiger partial charge in [-0.25, -0.2) is 0 Å². The van der Waals surface area contributed by atoms with Crippen molar-refractivity contribution in [3.63, 3.8) is 0 Å². The van der Waals surface area contributed by atoms with E-state index >= 15 is 0 Å². The van der Waals surface area contributed by atoms with Crippen molar-refractivity contribution in [1.82, 2.24) is 5.32 Å². The van der Waals surface area contributed by atoms with Crippen LogP contribution in [0.15, 0.2) is 18.2 Å². The number of thiocarbonyl (C=S) groups is 1. The average molecular weight is 294 g/mol. The van der Waals surface area contributed by atoms with E-state index < -0.39 is 5.25 Å². The van der Waals surface area contributed by atoms with Crippen molar-refractivity contribution >= 4 is 45.8 Å². The van der Waals surface area contributed by atoms with Gasteiger partial charge < -0.3 is 10.6 Å². The first kappa shape index (κ1) is 14.0. The molecule has 2 rings (SSSR count). The number of hydrogen-bond donors (Lipinski definition) is 2. The summed E-state index contributed by atoms with van der Waals surface area (Å²) in [5.74, 6) is -0.370. The van der Waals surface area contributed by atoms with Gasteiger partial charge in [-0.2, -0.15) is 0 Å². The molecule has 0 aromatic heterocycles. The quantitative estimate of drug-likeness (QED) is 0.839. The minimum Gasteiger partial charge on any atom is -0.326 e. The lowest BCUT2D eigenvalue weighted by Crippen LogP contribution is -2.27. The molecular weight excluding hydrogens is 280 g/mol. The molecule has 2 N–H and O–H groups in total. The summed E-state index contributed by atoms with van der Waals surface area (Å²) in [4.78, 5) is 23.3. The summed E-state index contributed by atoms with van der Waals surface area (Å²) in [6, 6.07) is 5.73. The number of amides is 2. The lowest BCUT2D eigenvalue weighted by Gasteiger charge is -2.09. The molecule has 6 heteroatoms. The lowest BCUT2D eigenvalue weighted by molar-refractivity contribution is -0.122. The number of aryl methyl sites for hydroxylation is 2. The molecule has 0 aliphatic carbocycles. The number of hydrogen-bond acceptors (Lipinski definition) is 4. The Morgan fingerprint density at radius 1 is 1.42 bits per heavy atom. The topological polar surface area (TPSA) is 58.2 Å². The Balaban J connectivity index is 1.96. The summed E-state index contributed by atoms with van der Waals surface area (Å²) in [6.45, 7) is 4.01. The number of benzene rings is 1. The molecule has 0 bridgehead atoms. The summed E-state index contributed by atoms with van der Waals surface area (Å²) >= 11 is 6.11. The molecule has 4 nitrogen and oxygen atoms in total. The molecular formula is C13H14N2O2S2. The summed E-state index contributed by atoms with van der Waals surface area (Å²) in [5, 5.41) is 4.91. The van der Waals surface area contributed by atoms with E-state index in [-0.39, 0.29) is 18.2 Å². The maximum absolute atomic E-state index is 11.9. The van der Waals surface area contributed by atoms with E-state index in [1.807, 2.05) is 32.0 Å². The molecule has 100 valence electrons. The third-order valence-corrected chi connectivity index (χ3v) is 4.30. The van der Waals surface area contributed by atoms with Crippen LogP contribution in [0.25, 0.3) is 0 Å². The van der Waals surface area contributed by atoms with Crippen molar-refractivity contribution in [2.75, 3.05) is 5.32 Å². The van der Waals surface area contributed by atoms with Crippen LogP contribution in [0.4, 0.5) is 5.69 Å². The van der Waals surface area contributed by atoms with E-state index in [2.05, 4.69) is 10.6 Å². The van der Waals surface area contributed by atoms with Gasteiger partial charge in [0, 0.05) is 12.1 Å². The van der Waals surface area contributed by atoms with Crippen LogP contribution < -0.4 is 10.6 Å². The Hall–Kier alpha value is -1.40. The maximum Gasteiger partial charge on any atom is 0.239 e. The molecule has 1 aromatic rings. The SMILES string of the molecule is Cc1ccc(NC(=O)C[C@H]2SC(=S)NC2=O)cc1C. The standard InChI is InChI=1S/C13H14N2O2S2/c1-7-3-4-9(5-8(7)2)14-11(16)6-10-12(17)15-13(18)19-10/h3-5,10H,6H2,1-2H3,(H,14,16)(H,15,17,18)/t10-/m1/s1. The number of carbonyl (C=O) groups excluding carboxylic acids is 2. The van der Waals surface area contributed by atoms with Crippen LogP contribution in [0.2, 0.25) is 0 Å². The third kappa shape index (κ3) is 3.54. The second kappa shape index (κ2) is 5.71. The van der Waals surface area contributed by atoms with Crippen molar-refractivity contribution in [1.29, 1.82) is 0 Å². The zero-order valence-electron chi connectivity index (χ0n) is 10.6. The Kier molecular flexibility index (Phi) is 4.21. The fraction of sp³-hybridized carbons (Fsp3) is 0.308. The Labute approximate surface area is 121 Å². The Morgan fingerprint density at radius 2 is 2.16 bits per heavy atom. The van der Waals surface area contributed by atoms with Crippen LogP contribution in [-0.2, 0) is 9.59 Å². The molecule has 0 unspecified atom stereocenters. The first-order valence-electron chi connectivity index (χ1n) is 5.84. The summed E-state index contributed by atoms with van der Waals surface area (Å²) in [5.41, 5.74) is 3.04. The van der Waals surface area contributed by atoms with Gasteiger partial charge in [-0.05, 0) is 37.1 Å². The van der Waals surface area contributed by atoms with Gasteiger partial charge in [-0.1, -0.05) is 30.0 Å². The van der Waals surface area contributed by atoms with Crippen LogP contribution in [-0.4, -0.2) is 21.4 Å². The van der Waals surface area contributed by atoms with E-state index in [9.17, 15) is 9.59 Å². The Bertz CT molecular complexity index is 558. The first-order valence-corrected chi connectivity index (χ1v) is 7.13. The molecule has 0 radical (unpaired) electrons. The number of carbonyl (C=O) groups is 2. The van der Waals surface area contributed by atoms with E-state index in [1.165, 1.54) is 17.3 Å². The molecule has 1 fully saturated rings. The van der Waals surface area contributed by atoms with E-state index in [4.69, 9.17) is 12.2 Å².